The number of nitro benzene ring substituents is 1. The molecule has 188 valence electrons. The molecule has 0 bridgehead atoms. The second-order valence-corrected chi connectivity index (χ2v) is 8.86. The Labute approximate surface area is 221 Å². The van der Waals surface area contributed by atoms with Gasteiger partial charge in [0.15, 0.2) is 11.5 Å². The zero-order chi connectivity index (χ0) is 26.5. The minimum Gasteiger partial charge on any atom is -0.490 e. The van der Waals surface area contributed by atoms with Crippen LogP contribution in [0.4, 0.5) is 5.69 Å². The van der Waals surface area contributed by atoms with Crippen molar-refractivity contribution in [2.24, 2.45) is 5.10 Å². The third kappa shape index (κ3) is 5.75. The van der Waals surface area contributed by atoms with Crippen molar-refractivity contribution >= 4 is 45.2 Å². The van der Waals surface area contributed by atoms with Gasteiger partial charge in [-0.25, -0.2) is 0 Å². The summed E-state index contributed by atoms with van der Waals surface area (Å²) in [7, 11) is 0. The van der Waals surface area contributed by atoms with Crippen LogP contribution in [0.15, 0.2) is 81.9 Å². The average molecular weight is 564 g/mol. The van der Waals surface area contributed by atoms with Gasteiger partial charge in [0.1, 0.15) is 6.61 Å². The molecule has 3 aromatic rings. The van der Waals surface area contributed by atoms with Gasteiger partial charge in [0.2, 0.25) is 0 Å². The molecule has 10 heteroatoms. The molecule has 0 N–H and O–H groups in total. The van der Waals surface area contributed by atoms with Gasteiger partial charge in [-0.05, 0) is 83.4 Å². The van der Waals surface area contributed by atoms with Crippen molar-refractivity contribution in [2.45, 2.75) is 20.5 Å². The molecule has 0 saturated carbocycles. The lowest BCUT2D eigenvalue weighted by Gasteiger charge is -2.15. The molecule has 37 heavy (non-hydrogen) atoms. The Morgan fingerprint density at radius 1 is 1.11 bits per heavy atom. The van der Waals surface area contributed by atoms with E-state index in [4.69, 9.17) is 9.47 Å². The number of carbonyl (C=O) groups excluding carboxylic acids is 2. The van der Waals surface area contributed by atoms with Crippen molar-refractivity contribution in [3.05, 3.63) is 104 Å². The molecule has 4 rings (SSSR count). The predicted molar refractivity (Wildman–Crippen MR) is 141 cm³/mol. The molecule has 0 saturated heterocycles. The monoisotopic (exact) mass is 563 g/mol. The predicted octanol–water partition coefficient (Wildman–Crippen LogP) is 5.78. The van der Waals surface area contributed by atoms with Gasteiger partial charge >= 0.3 is 0 Å². The Bertz CT molecular complexity index is 1420. The van der Waals surface area contributed by atoms with Crippen molar-refractivity contribution in [2.75, 3.05) is 6.61 Å². The fraction of sp³-hybridized carbons (Fsp3) is 0.148. The lowest BCUT2D eigenvalue weighted by molar-refractivity contribution is -0.384. The molecule has 1 aliphatic heterocycles. The number of benzene rings is 3. The van der Waals surface area contributed by atoms with Crippen molar-refractivity contribution in [1.82, 2.24) is 5.01 Å². The number of hydrazone groups is 1. The second-order valence-electron chi connectivity index (χ2n) is 8.01. The number of rotatable bonds is 8. The first-order valence-corrected chi connectivity index (χ1v) is 12.1. The van der Waals surface area contributed by atoms with Gasteiger partial charge in [0, 0.05) is 17.7 Å². The van der Waals surface area contributed by atoms with Crippen LogP contribution in [0.25, 0.3) is 6.08 Å². The number of carbonyl (C=O) groups is 2. The van der Waals surface area contributed by atoms with Gasteiger partial charge in [0.05, 0.1) is 27.3 Å². The second kappa shape index (κ2) is 11.2. The maximum atomic E-state index is 13.0. The van der Waals surface area contributed by atoms with Crippen LogP contribution < -0.4 is 9.47 Å². The lowest BCUT2D eigenvalue weighted by Crippen LogP contribution is -2.29. The van der Waals surface area contributed by atoms with Crippen LogP contribution >= 0.6 is 15.9 Å². The van der Waals surface area contributed by atoms with Gasteiger partial charge in [-0.2, -0.15) is 10.1 Å². The van der Waals surface area contributed by atoms with Gasteiger partial charge in [-0.3, -0.25) is 19.7 Å². The summed E-state index contributed by atoms with van der Waals surface area (Å²) in [6.45, 7) is 4.04. The molecule has 0 atom stereocenters. The number of non-ortho nitro benzene ring substituents is 1. The minimum absolute atomic E-state index is 0.00153. The summed E-state index contributed by atoms with van der Waals surface area (Å²) < 4.78 is 12.3. The summed E-state index contributed by atoms with van der Waals surface area (Å²) in [5, 5.41) is 15.9. The van der Waals surface area contributed by atoms with E-state index < -0.39 is 16.7 Å². The molecular weight excluding hydrogens is 542 g/mol. The highest BCUT2D eigenvalue weighted by Gasteiger charge is 2.33. The number of hydrogen-bond donors (Lipinski definition) is 0. The Morgan fingerprint density at radius 2 is 1.81 bits per heavy atom. The smallest absolute Gasteiger partial charge is 0.283 e. The third-order valence-corrected chi connectivity index (χ3v) is 6.04. The SMILES string of the molecule is CCOc1cc(/C=C2/C(=O)N(C(=O)c3ccccc3)N=C2C)cc(Br)c1OCc1ccc([N+](=O)[O-])cc1. The van der Waals surface area contributed by atoms with Crippen LogP contribution in [-0.2, 0) is 11.4 Å². The first-order chi connectivity index (χ1) is 17.8. The van der Waals surface area contributed by atoms with Crippen LogP contribution in [0.2, 0.25) is 0 Å². The average Bonchev–Trinajstić information content (AvgIpc) is 3.17. The molecule has 0 fully saturated rings. The molecule has 0 aliphatic carbocycles. The topological polar surface area (TPSA) is 111 Å². The van der Waals surface area contributed by atoms with Gasteiger partial charge in [-0.1, -0.05) is 18.2 Å². The fourth-order valence-corrected chi connectivity index (χ4v) is 4.21. The summed E-state index contributed by atoms with van der Waals surface area (Å²) in [4.78, 5) is 36.2. The zero-order valence-corrected chi connectivity index (χ0v) is 21.6. The van der Waals surface area contributed by atoms with E-state index in [1.54, 1.807) is 67.6 Å². The van der Waals surface area contributed by atoms with Crippen molar-refractivity contribution in [3.63, 3.8) is 0 Å². The summed E-state index contributed by atoms with van der Waals surface area (Å²) in [6.07, 6.45) is 1.65. The summed E-state index contributed by atoms with van der Waals surface area (Å²) in [5.74, 6) is -0.118. The first-order valence-electron chi connectivity index (χ1n) is 11.3. The number of nitrogens with zero attached hydrogens (tertiary/aromatic N) is 3. The molecule has 0 unspecified atom stereocenters. The van der Waals surface area contributed by atoms with Gasteiger partial charge < -0.3 is 9.47 Å². The quantitative estimate of drug-likeness (QED) is 0.149. The molecule has 0 spiro atoms. The highest BCUT2D eigenvalue weighted by Crippen LogP contribution is 2.38. The normalized spacial score (nSPS) is 14.0. The Morgan fingerprint density at radius 3 is 2.46 bits per heavy atom. The van der Waals surface area contributed by atoms with Crippen LogP contribution in [0, 0.1) is 10.1 Å². The molecular formula is C27H22BrN3O6. The number of ether oxygens (including phenoxy) is 2. The molecule has 0 aromatic heterocycles. The molecule has 2 amide bonds. The highest BCUT2D eigenvalue weighted by molar-refractivity contribution is 9.10. The molecule has 1 aliphatic rings. The Hall–Kier alpha value is -4.31. The van der Waals surface area contributed by atoms with E-state index in [2.05, 4.69) is 21.0 Å². The number of hydrogen-bond acceptors (Lipinski definition) is 7. The number of halogens is 1. The molecule has 9 nitrogen and oxygen atoms in total. The van der Waals surface area contributed by atoms with E-state index in [1.807, 2.05) is 6.92 Å². The minimum atomic E-state index is -0.515. The van der Waals surface area contributed by atoms with E-state index in [0.717, 1.165) is 10.6 Å². The van der Waals surface area contributed by atoms with Crippen molar-refractivity contribution in [3.8, 4) is 11.5 Å². The van der Waals surface area contributed by atoms with Crippen molar-refractivity contribution < 1.29 is 24.0 Å². The fourth-order valence-electron chi connectivity index (χ4n) is 3.64. The van der Waals surface area contributed by atoms with Crippen LogP contribution in [0.3, 0.4) is 0 Å². The molecule has 1 heterocycles. The standard InChI is InChI=1S/C27H22BrN3O6/c1-3-36-24-15-19(14-23(28)25(24)37-16-18-9-11-21(12-10-18)31(34)35)13-22-17(2)29-30(27(22)33)26(32)20-7-5-4-6-8-20/h4-15H,3,16H2,1-2H3/b22-13+. The maximum absolute atomic E-state index is 13.0. The highest BCUT2D eigenvalue weighted by atomic mass is 79.9. The summed E-state index contributed by atoms with van der Waals surface area (Å²) >= 11 is 3.51. The Balaban J connectivity index is 1.57. The van der Waals surface area contributed by atoms with Crippen LogP contribution in [-0.4, -0.2) is 34.1 Å². The van der Waals surface area contributed by atoms with Crippen LogP contribution in [0.1, 0.15) is 35.3 Å². The van der Waals surface area contributed by atoms with E-state index >= 15 is 0 Å². The van der Waals surface area contributed by atoms with Crippen LogP contribution in [0.5, 0.6) is 11.5 Å². The molecule has 3 aromatic carbocycles. The van der Waals surface area contributed by atoms with E-state index in [9.17, 15) is 19.7 Å². The van der Waals surface area contributed by atoms with E-state index in [0.29, 0.717) is 39.4 Å². The number of imide groups is 1. The first kappa shape index (κ1) is 25.8. The third-order valence-electron chi connectivity index (χ3n) is 5.45. The summed E-state index contributed by atoms with van der Waals surface area (Å²) in [6, 6.07) is 18.1. The Kier molecular flexibility index (Phi) is 7.78. The number of amides is 2. The van der Waals surface area contributed by atoms with E-state index in [-0.39, 0.29) is 17.9 Å². The lowest BCUT2D eigenvalue weighted by atomic mass is 10.1. The van der Waals surface area contributed by atoms with E-state index in [1.165, 1.54) is 12.1 Å². The maximum Gasteiger partial charge on any atom is 0.283 e. The van der Waals surface area contributed by atoms with Gasteiger partial charge in [0.25, 0.3) is 17.5 Å². The van der Waals surface area contributed by atoms with Gasteiger partial charge in [-0.15, -0.1) is 0 Å². The largest absolute Gasteiger partial charge is 0.490 e. The number of nitro groups is 1. The summed E-state index contributed by atoms with van der Waals surface area (Å²) in [5.41, 5.74) is 2.47. The zero-order valence-electron chi connectivity index (χ0n) is 20.0. The molecule has 0 radical (unpaired) electrons. The van der Waals surface area contributed by atoms with Crippen molar-refractivity contribution in [1.29, 1.82) is 0 Å².